The van der Waals surface area contributed by atoms with E-state index in [9.17, 15) is 16.8 Å². The molecule has 26 heavy (non-hydrogen) atoms. The van der Waals surface area contributed by atoms with Crippen LogP contribution >= 0.6 is 11.6 Å². The summed E-state index contributed by atoms with van der Waals surface area (Å²) in [5.74, 6) is -0.421. The van der Waals surface area contributed by atoms with Crippen LogP contribution < -0.4 is 3.71 Å². The van der Waals surface area contributed by atoms with E-state index >= 15 is 0 Å². The van der Waals surface area contributed by atoms with Gasteiger partial charge in [0.2, 0.25) is 5.82 Å². The molecule has 0 fully saturated rings. The predicted molar refractivity (Wildman–Crippen MR) is 96.0 cm³/mol. The summed E-state index contributed by atoms with van der Waals surface area (Å²) in [5, 5.41) is 3.36. The number of nitrogens with zero attached hydrogens (tertiary/aromatic N) is 2. The van der Waals surface area contributed by atoms with E-state index in [1.165, 1.54) is 55.5 Å². The van der Waals surface area contributed by atoms with Gasteiger partial charge in [0, 0.05) is 0 Å². The van der Waals surface area contributed by atoms with Crippen LogP contribution in [0.2, 0.25) is 5.02 Å². The lowest BCUT2D eigenvalue weighted by Gasteiger charge is -2.21. The van der Waals surface area contributed by atoms with Gasteiger partial charge in [-0.3, -0.25) is 0 Å². The van der Waals surface area contributed by atoms with Gasteiger partial charge < -0.3 is 4.52 Å². The third-order valence-electron chi connectivity index (χ3n) is 3.47. The first-order chi connectivity index (χ1) is 12.3. The highest BCUT2D eigenvalue weighted by Crippen LogP contribution is 2.36. The standard InChI is InChI=1S/C16H13ClN2O5S2/c1-12-15(17)16(18-24-12)19(25(20,21)13-8-4-2-5-9-13)26(22,23)14-10-6-3-7-11-14/h2-11H,1H3. The van der Waals surface area contributed by atoms with E-state index in [-0.39, 0.29) is 24.3 Å². The Morgan fingerprint density at radius 2 is 1.27 bits per heavy atom. The Balaban J connectivity index is 2.30. The maximum atomic E-state index is 13.1. The number of sulfonamides is 2. The third-order valence-corrected chi connectivity index (χ3v) is 8.03. The van der Waals surface area contributed by atoms with E-state index in [1.807, 2.05) is 0 Å². The Kier molecular flexibility index (Phi) is 4.78. The minimum atomic E-state index is -4.53. The van der Waals surface area contributed by atoms with Crippen LogP contribution in [0.25, 0.3) is 0 Å². The van der Waals surface area contributed by atoms with E-state index in [2.05, 4.69) is 5.16 Å². The summed E-state index contributed by atoms with van der Waals surface area (Å²) in [6.45, 7) is 1.45. The molecule has 0 unspecified atom stereocenters. The molecule has 0 aliphatic rings. The monoisotopic (exact) mass is 412 g/mol. The molecule has 10 heteroatoms. The highest BCUT2D eigenvalue weighted by atomic mass is 35.5. The molecule has 0 saturated heterocycles. The van der Waals surface area contributed by atoms with Gasteiger partial charge in [-0.1, -0.05) is 53.2 Å². The first kappa shape index (κ1) is 18.4. The normalized spacial score (nSPS) is 12.1. The number of hydrogen-bond acceptors (Lipinski definition) is 6. The molecule has 1 aromatic heterocycles. The third kappa shape index (κ3) is 3.09. The Bertz CT molecular complexity index is 1060. The Morgan fingerprint density at radius 1 is 0.846 bits per heavy atom. The van der Waals surface area contributed by atoms with Crippen molar-refractivity contribution in [2.45, 2.75) is 16.7 Å². The molecule has 0 radical (unpaired) electrons. The average Bonchev–Trinajstić information content (AvgIpc) is 2.95. The maximum Gasteiger partial charge on any atom is 0.279 e. The highest BCUT2D eigenvalue weighted by molar-refractivity contribution is 8.10. The van der Waals surface area contributed by atoms with Gasteiger partial charge in [0.05, 0.1) is 9.79 Å². The lowest BCUT2D eigenvalue weighted by atomic mass is 10.4. The van der Waals surface area contributed by atoms with Crippen molar-refractivity contribution in [2.24, 2.45) is 0 Å². The smallest absolute Gasteiger partial charge is 0.279 e. The van der Waals surface area contributed by atoms with Crippen molar-refractivity contribution < 1.29 is 21.4 Å². The van der Waals surface area contributed by atoms with Gasteiger partial charge in [-0.25, -0.2) is 0 Å². The van der Waals surface area contributed by atoms with Gasteiger partial charge >= 0.3 is 0 Å². The van der Waals surface area contributed by atoms with Gasteiger partial charge in [-0.2, -0.15) is 16.8 Å². The SMILES string of the molecule is Cc1onc(N(S(=O)(=O)c2ccccc2)S(=O)(=O)c2ccccc2)c1Cl. The molecule has 0 spiro atoms. The molecular weight excluding hydrogens is 400 g/mol. The molecule has 0 atom stereocenters. The van der Waals surface area contributed by atoms with Crippen LogP contribution in [0.1, 0.15) is 5.76 Å². The lowest BCUT2D eigenvalue weighted by Crippen LogP contribution is -2.37. The predicted octanol–water partition coefficient (Wildman–Crippen LogP) is 3.22. The van der Waals surface area contributed by atoms with E-state index in [0.29, 0.717) is 0 Å². The Morgan fingerprint density at radius 3 is 1.62 bits per heavy atom. The quantitative estimate of drug-likeness (QED) is 0.638. The maximum absolute atomic E-state index is 13.1. The van der Waals surface area contributed by atoms with E-state index in [0.717, 1.165) is 0 Å². The zero-order chi connectivity index (χ0) is 18.9. The molecule has 0 N–H and O–H groups in total. The van der Waals surface area contributed by atoms with Crippen LogP contribution in [0.5, 0.6) is 0 Å². The van der Waals surface area contributed by atoms with Gasteiger partial charge in [0.15, 0.2) is 5.76 Å². The van der Waals surface area contributed by atoms with Crippen LogP contribution in [-0.4, -0.2) is 22.0 Å². The summed E-state index contributed by atoms with van der Waals surface area (Å²) in [4.78, 5) is -0.451. The van der Waals surface area contributed by atoms with Crippen molar-refractivity contribution in [3.05, 3.63) is 71.4 Å². The van der Waals surface area contributed by atoms with E-state index in [4.69, 9.17) is 16.1 Å². The fourth-order valence-corrected chi connectivity index (χ4v) is 6.09. The first-order valence-corrected chi connectivity index (χ1v) is 10.5. The summed E-state index contributed by atoms with van der Waals surface area (Å²) < 4.78 is 57.6. The Hall–Kier alpha value is -2.36. The van der Waals surface area contributed by atoms with Gasteiger partial charge in [0.1, 0.15) is 5.02 Å². The molecule has 0 amide bonds. The van der Waals surface area contributed by atoms with Crippen molar-refractivity contribution in [1.82, 2.24) is 5.16 Å². The van der Waals surface area contributed by atoms with E-state index < -0.39 is 25.9 Å². The lowest BCUT2D eigenvalue weighted by molar-refractivity contribution is 0.399. The number of aryl methyl sites for hydroxylation is 1. The molecule has 3 rings (SSSR count). The number of rotatable bonds is 5. The molecule has 3 aromatic rings. The van der Waals surface area contributed by atoms with Crippen LogP contribution in [0.15, 0.2) is 75.0 Å². The Labute approximate surface area is 155 Å². The van der Waals surface area contributed by atoms with Crippen molar-refractivity contribution in [3.63, 3.8) is 0 Å². The average molecular weight is 413 g/mol. The molecular formula is C16H13ClN2O5S2. The number of hydrogen-bond donors (Lipinski definition) is 0. The number of halogens is 1. The number of benzene rings is 2. The van der Waals surface area contributed by atoms with Gasteiger partial charge in [-0.05, 0) is 31.2 Å². The minimum Gasteiger partial charge on any atom is -0.358 e. The number of anilines is 1. The summed E-state index contributed by atoms with van der Waals surface area (Å²) in [5.41, 5.74) is 0. The number of aromatic nitrogens is 1. The molecule has 7 nitrogen and oxygen atoms in total. The molecule has 136 valence electrons. The topological polar surface area (TPSA) is 97.6 Å². The van der Waals surface area contributed by atoms with Crippen molar-refractivity contribution in [2.75, 3.05) is 3.71 Å². The second-order valence-electron chi connectivity index (χ2n) is 5.21. The van der Waals surface area contributed by atoms with Gasteiger partial charge in [-0.15, -0.1) is 3.71 Å². The van der Waals surface area contributed by atoms with Crippen molar-refractivity contribution in [3.8, 4) is 0 Å². The van der Waals surface area contributed by atoms with Crippen LogP contribution in [-0.2, 0) is 20.0 Å². The summed E-state index contributed by atoms with van der Waals surface area (Å²) in [6, 6.07) is 14.3. The summed E-state index contributed by atoms with van der Waals surface area (Å²) in [7, 11) is -9.06. The molecule has 1 heterocycles. The van der Waals surface area contributed by atoms with E-state index in [1.54, 1.807) is 12.1 Å². The fourth-order valence-electron chi connectivity index (χ4n) is 2.20. The summed E-state index contributed by atoms with van der Waals surface area (Å²) >= 11 is 6.06. The molecule has 2 aromatic carbocycles. The first-order valence-electron chi connectivity index (χ1n) is 7.28. The molecule has 0 saturated carbocycles. The van der Waals surface area contributed by atoms with Crippen LogP contribution in [0.3, 0.4) is 0 Å². The van der Waals surface area contributed by atoms with Gasteiger partial charge in [0.25, 0.3) is 20.0 Å². The molecule has 0 bridgehead atoms. The molecule has 0 aliphatic heterocycles. The largest absolute Gasteiger partial charge is 0.358 e. The molecule has 0 aliphatic carbocycles. The van der Waals surface area contributed by atoms with Crippen molar-refractivity contribution in [1.29, 1.82) is 0 Å². The zero-order valence-electron chi connectivity index (χ0n) is 13.4. The van der Waals surface area contributed by atoms with Crippen LogP contribution in [0.4, 0.5) is 5.82 Å². The second-order valence-corrected chi connectivity index (χ2v) is 9.39. The fraction of sp³-hybridized carbons (Fsp3) is 0.0625. The second kappa shape index (κ2) is 6.75. The highest BCUT2D eigenvalue weighted by Gasteiger charge is 2.40. The zero-order valence-corrected chi connectivity index (χ0v) is 15.8. The van der Waals surface area contributed by atoms with Crippen molar-refractivity contribution >= 4 is 37.5 Å². The summed E-state index contributed by atoms with van der Waals surface area (Å²) in [6.07, 6.45) is 0. The minimum absolute atomic E-state index is 0.0955. The van der Waals surface area contributed by atoms with Crippen LogP contribution in [0, 0.1) is 6.92 Å².